The summed E-state index contributed by atoms with van der Waals surface area (Å²) >= 11 is 0. The van der Waals surface area contributed by atoms with Crippen LogP contribution in [-0.4, -0.2) is 23.4 Å². The first-order chi connectivity index (χ1) is 8.15. The molecule has 0 aromatic rings. The minimum Gasteiger partial charge on any atom is -0.234 e. The first-order valence-corrected chi connectivity index (χ1v) is 6.93. The summed E-state index contributed by atoms with van der Waals surface area (Å²) in [7, 11) is -3.16. The zero-order chi connectivity index (χ0) is 14.0. The molecule has 0 aromatic heterocycles. The highest BCUT2D eigenvalue weighted by Gasteiger charge is 2.66. The number of rotatable bonds is 4. The predicted octanol–water partition coefficient (Wildman–Crippen LogP) is 5.22. The van der Waals surface area contributed by atoms with Crippen molar-refractivity contribution in [3.8, 4) is 0 Å². The molecule has 0 bridgehead atoms. The lowest BCUT2D eigenvalue weighted by Gasteiger charge is -2.38. The Hall–Kier alpha value is -0.510. The third-order valence-electron chi connectivity index (χ3n) is 2.58. The molecular formula is C11H13F6P. The molecule has 0 saturated carbocycles. The summed E-state index contributed by atoms with van der Waals surface area (Å²) in [4.78, 5) is 0. The van der Waals surface area contributed by atoms with Crippen LogP contribution in [-0.2, 0) is 0 Å². The highest BCUT2D eigenvalue weighted by atomic mass is 31.1. The molecule has 0 fully saturated rings. The highest BCUT2D eigenvalue weighted by molar-refractivity contribution is 7.60. The lowest BCUT2D eigenvalue weighted by molar-refractivity contribution is -0.241. The summed E-state index contributed by atoms with van der Waals surface area (Å²) in [6.45, 7) is 1.47. The Bertz CT molecular complexity index is 346. The number of hydrogen-bond donors (Lipinski definition) is 0. The van der Waals surface area contributed by atoms with Crippen LogP contribution in [0.5, 0.6) is 0 Å². The average Bonchev–Trinajstić information content (AvgIpc) is 2.25. The van der Waals surface area contributed by atoms with Gasteiger partial charge in [0.2, 0.25) is 0 Å². The van der Waals surface area contributed by atoms with Gasteiger partial charge in [0.25, 0.3) is 0 Å². The third kappa shape index (κ3) is 2.90. The van der Waals surface area contributed by atoms with E-state index >= 15 is 0 Å². The summed E-state index contributed by atoms with van der Waals surface area (Å²) < 4.78 is 78.4. The molecular weight excluding hydrogens is 277 g/mol. The topological polar surface area (TPSA) is 0 Å². The van der Waals surface area contributed by atoms with Gasteiger partial charge in [-0.1, -0.05) is 31.6 Å². The van der Waals surface area contributed by atoms with Crippen LogP contribution in [0.3, 0.4) is 0 Å². The van der Waals surface area contributed by atoms with Gasteiger partial charge in [-0.05, 0) is 12.2 Å². The molecule has 104 valence electrons. The number of hydrogen-bond acceptors (Lipinski definition) is 0. The number of alkyl halides is 6. The van der Waals surface area contributed by atoms with E-state index in [1.165, 1.54) is 25.2 Å². The standard InChI is InChI=1S/C11H13F6P/c1-2-8-18(11(16,17)10(13,14)15)9(12)6-4-3-5-7-9/h3-6H,2,7-8H2,1H3. The van der Waals surface area contributed by atoms with Gasteiger partial charge in [0.05, 0.1) is 0 Å². The van der Waals surface area contributed by atoms with Crippen molar-refractivity contribution in [3.63, 3.8) is 0 Å². The second-order valence-electron chi connectivity index (χ2n) is 4.00. The van der Waals surface area contributed by atoms with Crippen molar-refractivity contribution >= 4 is 7.92 Å². The van der Waals surface area contributed by atoms with E-state index in [9.17, 15) is 26.3 Å². The van der Waals surface area contributed by atoms with Gasteiger partial charge in [-0.2, -0.15) is 22.0 Å². The van der Waals surface area contributed by atoms with Gasteiger partial charge < -0.3 is 0 Å². The number of allylic oxidation sites excluding steroid dienone is 4. The minimum absolute atomic E-state index is 0.0839. The van der Waals surface area contributed by atoms with Gasteiger partial charge in [0.15, 0.2) is 5.41 Å². The smallest absolute Gasteiger partial charge is 0.234 e. The molecule has 0 radical (unpaired) electrons. The monoisotopic (exact) mass is 290 g/mol. The van der Waals surface area contributed by atoms with Gasteiger partial charge in [-0.15, -0.1) is 0 Å². The number of halogens is 6. The van der Waals surface area contributed by atoms with Crippen LogP contribution in [0.1, 0.15) is 19.8 Å². The summed E-state index contributed by atoms with van der Waals surface area (Å²) in [5.74, 6) is 0. The molecule has 0 spiro atoms. The lowest BCUT2D eigenvalue weighted by atomic mass is 10.1. The maximum absolute atomic E-state index is 14.4. The molecule has 0 amide bonds. The molecule has 7 heteroatoms. The van der Waals surface area contributed by atoms with Gasteiger partial charge in [0.1, 0.15) is 0 Å². The van der Waals surface area contributed by atoms with Crippen LogP contribution in [0.2, 0.25) is 0 Å². The van der Waals surface area contributed by atoms with Crippen molar-refractivity contribution in [3.05, 3.63) is 24.3 Å². The Kier molecular flexibility index (Phi) is 4.52. The van der Waals surface area contributed by atoms with Crippen LogP contribution in [0.4, 0.5) is 26.3 Å². The molecule has 0 heterocycles. The van der Waals surface area contributed by atoms with Crippen LogP contribution in [0.25, 0.3) is 0 Å². The molecule has 0 aliphatic heterocycles. The maximum Gasteiger partial charge on any atom is 0.457 e. The molecule has 0 N–H and O–H groups in total. The van der Waals surface area contributed by atoms with Crippen LogP contribution in [0.15, 0.2) is 24.3 Å². The lowest BCUT2D eigenvalue weighted by Crippen LogP contribution is -2.41. The third-order valence-corrected chi connectivity index (χ3v) is 5.63. The van der Waals surface area contributed by atoms with Crippen LogP contribution < -0.4 is 0 Å². The first kappa shape index (κ1) is 15.5. The fourth-order valence-electron chi connectivity index (χ4n) is 1.72. The van der Waals surface area contributed by atoms with Crippen LogP contribution >= 0.6 is 7.92 Å². The second-order valence-corrected chi connectivity index (χ2v) is 6.61. The Balaban J connectivity index is 3.10. The van der Waals surface area contributed by atoms with Crippen molar-refractivity contribution in [1.29, 1.82) is 0 Å². The fourth-order valence-corrected chi connectivity index (χ4v) is 4.18. The zero-order valence-electron chi connectivity index (χ0n) is 9.65. The van der Waals surface area contributed by atoms with E-state index in [1.54, 1.807) is 0 Å². The molecule has 0 saturated heterocycles. The fraction of sp³-hybridized carbons (Fsp3) is 0.636. The SMILES string of the molecule is CCCP(C1(F)C=CC=CC1)C(F)(F)C(F)(F)F. The Morgan fingerprint density at radius 1 is 1.17 bits per heavy atom. The summed E-state index contributed by atoms with van der Waals surface area (Å²) in [5.41, 5.74) is -4.97. The predicted molar refractivity (Wildman–Crippen MR) is 59.8 cm³/mol. The van der Waals surface area contributed by atoms with Gasteiger partial charge in [-0.3, -0.25) is 0 Å². The Morgan fingerprint density at radius 3 is 2.17 bits per heavy atom. The van der Waals surface area contributed by atoms with Crippen molar-refractivity contribution in [2.75, 3.05) is 6.16 Å². The van der Waals surface area contributed by atoms with Gasteiger partial charge in [0, 0.05) is 14.3 Å². The second kappa shape index (κ2) is 5.24. The molecule has 2 unspecified atom stereocenters. The molecule has 2 atom stereocenters. The molecule has 18 heavy (non-hydrogen) atoms. The van der Waals surface area contributed by atoms with E-state index in [1.807, 2.05) is 0 Å². The zero-order valence-corrected chi connectivity index (χ0v) is 10.5. The van der Waals surface area contributed by atoms with E-state index in [-0.39, 0.29) is 6.42 Å². The molecule has 0 nitrogen and oxygen atoms in total. The van der Waals surface area contributed by atoms with Crippen molar-refractivity contribution in [1.82, 2.24) is 0 Å². The Morgan fingerprint density at radius 2 is 1.78 bits per heavy atom. The van der Waals surface area contributed by atoms with Crippen molar-refractivity contribution in [2.24, 2.45) is 0 Å². The normalized spacial score (nSPS) is 26.4. The largest absolute Gasteiger partial charge is 0.457 e. The van der Waals surface area contributed by atoms with Crippen molar-refractivity contribution in [2.45, 2.75) is 37.0 Å². The quantitative estimate of drug-likeness (QED) is 0.492. The van der Waals surface area contributed by atoms with E-state index < -0.39 is 37.8 Å². The van der Waals surface area contributed by atoms with E-state index in [4.69, 9.17) is 0 Å². The van der Waals surface area contributed by atoms with Crippen LogP contribution in [0, 0.1) is 0 Å². The highest BCUT2D eigenvalue weighted by Crippen LogP contribution is 2.69. The van der Waals surface area contributed by atoms with Gasteiger partial charge in [-0.25, -0.2) is 4.39 Å². The molecule has 0 aromatic carbocycles. The van der Waals surface area contributed by atoms with E-state index in [2.05, 4.69) is 0 Å². The summed E-state index contributed by atoms with van der Waals surface area (Å²) in [6, 6.07) is 0. The first-order valence-electron chi connectivity index (χ1n) is 5.40. The maximum atomic E-state index is 14.4. The minimum atomic E-state index is -5.71. The Labute approximate surface area is 102 Å². The summed E-state index contributed by atoms with van der Waals surface area (Å²) in [5, 5.41) is -2.58. The van der Waals surface area contributed by atoms with E-state index in [0.717, 1.165) is 6.08 Å². The molecule has 1 rings (SSSR count). The molecule has 1 aliphatic carbocycles. The van der Waals surface area contributed by atoms with E-state index in [0.29, 0.717) is 0 Å². The van der Waals surface area contributed by atoms with Gasteiger partial charge >= 0.3 is 11.8 Å². The molecule has 1 aliphatic rings. The van der Waals surface area contributed by atoms with Crippen molar-refractivity contribution < 1.29 is 26.3 Å². The average molecular weight is 290 g/mol. The summed E-state index contributed by atoms with van der Waals surface area (Å²) in [6.07, 6.45) is -1.80.